The molecule has 3 aromatic heterocycles. The largest absolute Gasteiger partial charge is 0.405 e. The van der Waals surface area contributed by atoms with Crippen molar-refractivity contribution in [2.45, 2.75) is 24.6 Å². The van der Waals surface area contributed by atoms with E-state index in [1.54, 1.807) is 24.5 Å². The predicted octanol–water partition coefficient (Wildman–Crippen LogP) is 3.52. The average Bonchev–Trinajstić information content (AvgIpc) is 3.31. The Morgan fingerprint density at radius 1 is 1.32 bits per heavy atom. The number of nitrogens with one attached hydrogen (secondary N) is 3. The Morgan fingerprint density at radius 3 is 2.82 bits per heavy atom. The molecular formula is C17H20F4N6O. The van der Waals surface area contributed by atoms with Crippen LogP contribution in [0.25, 0.3) is 22.4 Å². The number of pyridine rings is 1. The fraction of sp³-hybridized carbons (Fsp3) is 0.294. The smallest absolute Gasteiger partial charge is 0.353 e. The minimum absolute atomic E-state index is 0. The van der Waals surface area contributed by atoms with Gasteiger partial charge in [-0.3, -0.25) is 4.79 Å². The summed E-state index contributed by atoms with van der Waals surface area (Å²) in [6.45, 7) is -1.45. The van der Waals surface area contributed by atoms with Crippen LogP contribution in [0.5, 0.6) is 0 Å². The number of hydrogen-bond donors (Lipinski definition) is 3. The van der Waals surface area contributed by atoms with Gasteiger partial charge in [0.05, 0.1) is 6.20 Å². The fourth-order valence-corrected chi connectivity index (χ4v) is 2.84. The predicted molar refractivity (Wildman–Crippen MR) is 98.1 cm³/mol. The second-order valence-corrected chi connectivity index (χ2v) is 6.50. The molecule has 3 aromatic rings. The summed E-state index contributed by atoms with van der Waals surface area (Å²) in [6, 6.07) is 3.52. The summed E-state index contributed by atoms with van der Waals surface area (Å²) in [5.74, 6) is -1.71. The maximum atomic E-state index is 14.2. The van der Waals surface area contributed by atoms with Crippen molar-refractivity contribution >= 4 is 22.8 Å². The van der Waals surface area contributed by atoms with Crippen LogP contribution in [0.4, 0.5) is 23.4 Å². The molecule has 1 saturated carbocycles. The van der Waals surface area contributed by atoms with Gasteiger partial charge in [-0.05, 0) is 25.0 Å². The first-order valence-electron chi connectivity index (χ1n) is 8.36. The number of alkyl halides is 3. The number of hydrogen-bond acceptors (Lipinski definition) is 5. The summed E-state index contributed by atoms with van der Waals surface area (Å²) >= 11 is 0. The molecule has 1 aliphatic carbocycles. The van der Waals surface area contributed by atoms with Crippen molar-refractivity contribution < 1.29 is 26.6 Å². The summed E-state index contributed by atoms with van der Waals surface area (Å²) in [7, 11) is 0. The highest BCUT2D eigenvalue weighted by atomic mass is 19.4. The number of amides is 1. The zero-order valence-electron chi connectivity index (χ0n) is 14.3. The number of carbonyl (C=O) groups excluding carboxylic acids is 1. The van der Waals surface area contributed by atoms with Crippen LogP contribution >= 0.6 is 0 Å². The molecule has 0 aliphatic heterocycles. The van der Waals surface area contributed by atoms with Crippen LogP contribution in [0.15, 0.2) is 30.7 Å². The lowest BCUT2D eigenvalue weighted by molar-refractivity contribution is -0.139. The van der Waals surface area contributed by atoms with Gasteiger partial charge in [0, 0.05) is 27.6 Å². The summed E-state index contributed by atoms with van der Waals surface area (Å²) in [6.07, 6.45) is 0.195. The third-order valence-corrected chi connectivity index (χ3v) is 4.43. The minimum Gasteiger partial charge on any atom is -0.353 e. The number of nitrogens with zero attached hydrogens (tertiary/aromatic N) is 3. The maximum Gasteiger partial charge on any atom is 0.405 e. The van der Waals surface area contributed by atoms with Crippen molar-refractivity contribution in [2.75, 3.05) is 11.9 Å². The van der Waals surface area contributed by atoms with E-state index in [1.807, 2.05) is 5.32 Å². The summed E-state index contributed by atoms with van der Waals surface area (Å²) < 4.78 is 51.2. The molecule has 1 aliphatic rings. The molecule has 28 heavy (non-hydrogen) atoms. The standard InChI is InChI=1S/C17H14F4N6O.3H2/c18-11-7-24-13(10-6-23-12-9(10)2-1-5-22-12)26-14(11)27-16(3-4-16)15(28)25-8-17(19,20)21;;;/h1-2,5-7H,3-4,8H2,(H,22,23)(H,25,28)(H,24,26,27);3*1H. The van der Waals surface area contributed by atoms with Crippen molar-refractivity contribution in [1.82, 2.24) is 25.3 Å². The number of rotatable bonds is 5. The molecule has 0 bridgehead atoms. The van der Waals surface area contributed by atoms with Gasteiger partial charge in [-0.25, -0.2) is 19.3 Å². The van der Waals surface area contributed by atoms with E-state index in [0.717, 1.165) is 11.6 Å². The number of fused-ring (bicyclic) bond motifs is 1. The van der Waals surface area contributed by atoms with E-state index in [0.29, 0.717) is 11.2 Å². The Balaban J connectivity index is 0.00000160. The molecule has 3 heterocycles. The third-order valence-electron chi connectivity index (χ3n) is 4.43. The number of H-pyrrole nitrogens is 1. The number of aromatic amines is 1. The highest BCUT2D eigenvalue weighted by Crippen LogP contribution is 2.40. The molecule has 11 heteroatoms. The Morgan fingerprint density at radius 2 is 2.11 bits per heavy atom. The monoisotopic (exact) mass is 400 g/mol. The summed E-state index contributed by atoms with van der Waals surface area (Å²) in [5, 5.41) is 5.20. The number of carbonyl (C=O) groups is 1. The third kappa shape index (κ3) is 3.47. The first-order valence-corrected chi connectivity index (χ1v) is 8.36. The van der Waals surface area contributed by atoms with Gasteiger partial charge in [0.15, 0.2) is 17.5 Å². The average molecular weight is 400 g/mol. The van der Waals surface area contributed by atoms with Gasteiger partial charge >= 0.3 is 6.18 Å². The zero-order chi connectivity index (χ0) is 19.9. The summed E-state index contributed by atoms with van der Waals surface area (Å²) in [5.41, 5.74) is -0.123. The quantitative estimate of drug-likeness (QED) is 0.570. The molecule has 4 rings (SSSR count). The maximum absolute atomic E-state index is 14.2. The molecule has 152 valence electrons. The molecule has 1 fully saturated rings. The SMILES string of the molecule is O=C(NCC(F)(F)F)C1(Nc2nc(-c3c[nH]c4ncccc34)ncc2F)CC1.[HH].[HH].[HH]. The van der Waals surface area contributed by atoms with Gasteiger partial charge in [0.1, 0.15) is 17.7 Å². The first-order chi connectivity index (χ1) is 13.3. The second-order valence-electron chi connectivity index (χ2n) is 6.50. The van der Waals surface area contributed by atoms with Gasteiger partial charge in [-0.2, -0.15) is 13.2 Å². The molecule has 7 nitrogen and oxygen atoms in total. The van der Waals surface area contributed by atoms with Crippen LogP contribution in [0.2, 0.25) is 0 Å². The van der Waals surface area contributed by atoms with Crippen LogP contribution in [0, 0.1) is 5.82 Å². The summed E-state index contributed by atoms with van der Waals surface area (Å²) in [4.78, 5) is 27.3. The van der Waals surface area contributed by atoms with E-state index in [-0.39, 0.29) is 28.8 Å². The number of halogens is 4. The van der Waals surface area contributed by atoms with Gasteiger partial charge in [0.25, 0.3) is 0 Å². The topological polar surface area (TPSA) is 95.6 Å². The van der Waals surface area contributed by atoms with Crippen molar-refractivity contribution in [3.8, 4) is 11.4 Å². The number of aromatic nitrogens is 4. The van der Waals surface area contributed by atoms with Crippen LogP contribution in [0.1, 0.15) is 17.1 Å². The molecule has 0 spiro atoms. The van der Waals surface area contributed by atoms with E-state index in [2.05, 4.69) is 25.3 Å². The molecule has 0 unspecified atom stereocenters. The van der Waals surface area contributed by atoms with Crippen molar-refractivity contribution in [2.24, 2.45) is 0 Å². The Kier molecular flexibility index (Phi) is 4.16. The molecular weight excluding hydrogens is 380 g/mol. The molecule has 3 N–H and O–H groups in total. The van der Waals surface area contributed by atoms with Crippen molar-refractivity contribution in [1.29, 1.82) is 0 Å². The van der Waals surface area contributed by atoms with Crippen LogP contribution in [0.3, 0.4) is 0 Å². The van der Waals surface area contributed by atoms with Crippen LogP contribution < -0.4 is 10.6 Å². The second kappa shape index (κ2) is 6.43. The van der Waals surface area contributed by atoms with E-state index < -0.39 is 30.0 Å². The van der Waals surface area contributed by atoms with E-state index in [4.69, 9.17) is 0 Å². The van der Waals surface area contributed by atoms with Gasteiger partial charge in [-0.15, -0.1) is 0 Å². The van der Waals surface area contributed by atoms with Gasteiger partial charge in [0.2, 0.25) is 5.91 Å². The molecule has 0 radical (unpaired) electrons. The van der Waals surface area contributed by atoms with E-state index in [9.17, 15) is 22.4 Å². The zero-order valence-corrected chi connectivity index (χ0v) is 14.3. The highest BCUT2D eigenvalue weighted by molar-refractivity contribution is 5.93. The Hall–Kier alpha value is -3.24. The normalized spacial score (nSPS) is 15.4. The van der Waals surface area contributed by atoms with Crippen molar-refractivity contribution in [3.63, 3.8) is 0 Å². The van der Waals surface area contributed by atoms with Crippen LogP contribution in [-0.4, -0.2) is 44.1 Å². The molecule has 1 amide bonds. The molecule has 0 aromatic carbocycles. The fourth-order valence-electron chi connectivity index (χ4n) is 2.84. The van der Waals surface area contributed by atoms with Gasteiger partial charge < -0.3 is 15.6 Å². The lowest BCUT2D eigenvalue weighted by Crippen LogP contribution is -2.45. The van der Waals surface area contributed by atoms with E-state index in [1.165, 1.54) is 0 Å². The number of anilines is 1. The lowest BCUT2D eigenvalue weighted by atomic mass is 10.2. The first kappa shape index (κ1) is 18.1. The Labute approximate surface area is 160 Å². The minimum atomic E-state index is -4.53. The van der Waals surface area contributed by atoms with E-state index >= 15 is 0 Å². The molecule has 0 saturated heterocycles. The highest BCUT2D eigenvalue weighted by Gasteiger charge is 2.51. The van der Waals surface area contributed by atoms with Gasteiger partial charge in [-0.1, -0.05) is 0 Å². The van der Waals surface area contributed by atoms with Crippen LogP contribution in [-0.2, 0) is 4.79 Å². The lowest BCUT2D eigenvalue weighted by Gasteiger charge is -2.19. The Bertz CT molecular complexity index is 1060. The van der Waals surface area contributed by atoms with Crippen molar-refractivity contribution in [3.05, 3.63) is 36.5 Å². The molecule has 0 atom stereocenters.